The van der Waals surface area contributed by atoms with Crippen LogP contribution >= 0.6 is 0 Å². The SMILES string of the molecule is COc1ccc(CNCC(C)N2CCCCC2)cc1OC. The largest absolute Gasteiger partial charge is 0.493 e. The molecule has 1 aliphatic rings. The fourth-order valence-electron chi connectivity index (χ4n) is 2.90. The molecule has 21 heavy (non-hydrogen) atoms. The normalized spacial score (nSPS) is 17.5. The number of nitrogens with zero attached hydrogens (tertiary/aromatic N) is 1. The van der Waals surface area contributed by atoms with Crippen LogP contribution in [0.3, 0.4) is 0 Å². The quantitative estimate of drug-likeness (QED) is 0.838. The van der Waals surface area contributed by atoms with Crippen molar-refractivity contribution < 1.29 is 9.47 Å². The van der Waals surface area contributed by atoms with Crippen LogP contribution in [0.5, 0.6) is 11.5 Å². The molecule has 1 saturated heterocycles. The first-order valence-corrected chi connectivity index (χ1v) is 7.90. The summed E-state index contributed by atoms with van der Waals surface area (Å²) in [5.74, 6) is 1.57. The maximum atomic E-state index is 5.34. The molecule has 118 valence electrons. The molecule has 0 saturated carbocycles. The van der Waals surface area contributed by atoms with E-state index >= 15 is 0 Å². The summed E-state index contributed by atoms with van der Waals surface area (Å²) in [4.78, 5) is 2.59. The highest BCUT2D eigenvalue weighted by atomic mass is 16.5. The minimum absolute atomic E-state index is 0.602. The maximum absolute atomic E-state index is 5.34. The monoisotopic (exact) mass is 292 g/mol. The molecule has 1 unspecified atom stereocenters. The summed E-state index contributed by atoms with van der Waals surface area (Å²) in [6.45, 7) is 6.69. The Bertz CT molecular complexity index is 431. The molecule has 4 nitrogen and oxygen atoms in total. The van der Waals surface area contributed by atoms with Crippen LogP contribution in [0.2, 0.25) is 0 Å². The van der Waals surface area contributed by atoms with Gasteiger partial charge in [0.2, 0.25) is 0 Å². The van der Waals surface area contributed by atoms with Gasteiger partial charge in [-0.2, -0.15) is 0 Å². The molecule has 0 aliphatic carbocycles. The topological polar surface area (TPSA) is 33.7 Å². The molecule has 1 N–H and O–H groups in total. The Morgan fingerprint density at radius 1 is 1.10 bits per heavy atom. The number of ether oxygens (including phenoxy) is 2. The molecular formula is C17H28N2O2. The van der Waals surface area contributed by atoms with Gasteiger partial charge in [0.15, 0.2) is 11.5 Å². The molecule has 1 aromatic rings. The standard InChI is InChI=1S/C17H28N2O2/c1-14(19-9-5-4-6-10-19)12-18-13-15-7-8-16(20-2)17(11-15)21-3/h7-8,11,14,18H,4-6,9-10,12-13H2,1-3H3. The zero-order valence-electron chi connectivity index (χ0n) is 13.5. The molecule has 1 aliphatic heterocycles. The Kier molecular flexibility index (Phi) is 6.33. The molecule has 2 rings (SSSR count). The fourth-order valence-corrected chi connectivity index (χ4v) is 2.90. The summed E-state index contributed by atoms with van der Waals surface area (Å²) in [5.41, 5.74) is 1.22. The van der Waals surface area contributed by atoms with Gasteiger partial charge < -0.3 is 14.8 Å². The summed E-state index contributed by atoms with van der Waals surface area (Å²) in [5, 5.41) is 3.55. The second-order valence-corrected chi connectivity index (χ2v) is 5.77. The van der Waals surface area contributed by atoms with Crippen LogP contribution in [0, 0.1) is 0 Å². The Morgan fingerprint density at radius 3 is 2.48 bits per heavy atom. The third-order valence-electron chi connectivity index (χ3n) is 4.23. The van der Waals surface area contributed by atoms with Crippen LogP contribution in [-0.2, 0) is 6.54 Å². The highest BCUT2D eigenvalue weighted by Crippen LogP contribution is 2.27. The van der Waals surface area contributed by atoms with Crippen molar-refractivity contribution in [3.05, 3.63) is 23.8 Å². The van der Waals surface area contributed by atoms with Crippen LogP contribution in [0.25, 0.3) is 0 Å². The lowest BCUT2D eigenvalue weighted by Gasteiger charge is -2.32. The number of piperidine rings is 1. The van der Waals surface area contributed by atoms with Crippen LogP contribution in [-0.4, -0.2) is 44.8 Å². The minimum atomic E-state index is 0.602. The van der Waals surface area contributed by atoms with Gasteiger partial charge in [0.05, 0.1) is 14.2 Å². The number of methoxy groups -OCH3 is 2. The van der Waals surface area contributed by atoms with Crippen LogP contribution in [0.4, 0.5) is 0 Å². The van der Waals surface area contributed by atoms with E-state index in [1.54, 1.807) is 14.2 Å². The molecule has 1 heterocycles. The van der Waals surface area contributed by atoms with Crippen molar-refractivity contribution in [2.45, 2.75) is 38.8 Å². The first kappa shape index (κ1) is 16.1. The minimum Gasteiger partial charge on any atom is -0.493 e. The maximum Gasteiger partial charge on any atom is 0.161 e. The molecule has 0 bridgehead atoms. The van der Waals surface area contributed by atoms with E-state index in [4.69, 9.17) is 9.47 Å². The van der Waals surface area contributed by atoms with Gasteiger partial charge in [-0.1, -0.05) is 12.5 Å². The van der Waals surface area contributed by atoms with Crippen molar-refractivity contribution in [3.8, 4) is 11.5 Å². The molecule has 1 aromatic carbocycles. The van der Waals surface area contributed by atoms with Gasteiger partial charge in [-0.25, -0.2) is 0 Å². The van der Waals surface area contributed by atoms with E-state index in [1.807, 2.05) is 12.1 Å². The fraction of sp³-hybridized carbons (Fsp3) is 0.647. The van der Waals surface area contributed by atoms with Gasteiger partial charge >= 0.3 is 0 Å². The number of hydrogen-bond donors (Lipinski definition) is 1. The van der Waals surface area contributed by atoms with E-state index in [0.29, 0.717) is 6.04 Å². The lowest BCUT2D eigenvalue weighted by atomic mass is 10.1. The van der Waals surface area contributed by atoms with E-state index in [1.165, 1.54) is 37.9 Å². The predicted molar refractivity (Wildman–Crippen MR) is 86.1 cm³/mol. The van der Waals surface area contributed by atoms with Gasteiger partial charge in [-0.05, 0) is 50.6 Å². The smallest absolute Gasteiger partial charge is 0.161 e. The van der Waals surface area contributed by atoms with Gasteiger partial charge in [0, 0.05) is 19.1 Å². The van der Waals surface area contributed by atoms with Gasteiger partial charge in [0.1, 0.15) is 0 Å². The van der Waals surface area contributed by atoms with E-state index in [9.17, 15) is 0 Å². The summed E-state index contributed by atoms with van der Waals surface area (Å²) < 4.78 is 10.6. The van der Waals surface area contributed by atoms with Crippen LogP contribution < -0.4 is 14.8 Å². The van der Waals surface area contributed by atoms with Crippen molar-refractivity contribution in [2.75, 3.05) is 33.9 Å². The van der Waals surface area contributed by atoms with Crippen molar-refractivity contribution in [3.63, 3.8) is 0 Å². The average Bonchev–Trinajstić information content (AvgIpc) is 2.55. The van der Waals surface area contributed by atoms with Gasteiger partial charge in [0.25, 0.3) is 0 Å². The van der Waals surface area contributed by atoms with E-state index in [2.05, 4.69) is 23.2 Å². The molecule has 0 aromatic heterocycles. The van der Waals surface area contributed by atoms with Crippen LogP contribution in [0.15, 0.2) is 18.2 Å². The van der Waals surface area contributed by atoms with Gasteiger partial charge in [-0.15, -0.1) is 0 Å². The number of benzene rings is 1. The third-order valence-corrected chi connectivity index (χ3v) is 4.23. The van der Waals surface area contributed by atoms with E-state index in [-0.39, 0.29) is 0 Å². The Hall–Kier alpha value is -1.26. The first-order chi connectivity index (χ1) is 10.2. The summed E-state index contributed by atoms with van der Waals surface area (Å²) in [6.07, 6.45) is 4.09. The Labute approximate surface area is 128 Å². The summed E-state index contributed by atoms with van der Waals surface area (Å²) in [7, 11) is 3.34. The van der Waals surface area contributed by atoms with Crippen molar-refractivity contribution >= 4 is 0 Å². The van der Waals surface area contributed by atoms with Crippen molar-refractivity contribution in [2.24, 2.45) is 0 Å². The molecular weight excluding hydrogens is 264 g/mol. The molecule has 1 fully saturated rings. The highest BCUT2D eigenvalue weighted by molar-refractivity contribution is 5.42. The second kappa shape index (κ2) is 8.25. The molecule has 1 atom stereocenters. The Balaban J connectivity index is 1.80. The van der Waals surface area contributed by atoms with Gasteiger partial charge in [-0.3, -0.25) is 4.90 Å². The average molecular weight is 292 g/mol. The number of nitrogens with one attached hydrogen (secondary N) is 1. The second-order valence-electron chi connectivity index (χ2n) is 5.77. The molecule has 0 amide bonds. The molecule has 4 heteroatoms. The Morgan fingerprint density at radius 2 is 1.81 bits per heavy atom. The highest BCUT2D eigenvalue weighted by Gasteiger charge is 2.16. The zero-order chi connectivity index (χ0) is 15.1. The zero-order valence-corrected chi connectivity index (χ0v) is 13.5. The van der Waals surface area contributed by atoms with Crippen molar-refractivity contribution in [1.82, 2.24) is 10.2 Å². The lowest BCUT2D eigenvalue weighted by molar-refractivity contribution is 0.170. The molecule has 0 spiro atoms. The summed E-state index contributed by atoms with van der Waals surface area (Å²) in [6, 6.07) is 6.69. The van der Waals surface area contributed by atoms with E-state index < -0.39 is 0 Å². The first-order valence-electron chi connectivity index (χ1n) is 7.90. The van der Waals surface area contributed by atoms with Crippen LogP contribution in [0.1, 0.15) is 31.7 Å². The number of hydrogen-bond acceptors (Lipinski definition) is 4. The summed E-state index contributed by atoms with van der Waals surface area (Å²) >= 11 is 0. The van der Waals surface area contributed by atoms with Crippen molar-refractivity contribution in [1.29, 1.82) is 0 Å². The number of likely N-dealkylation sites (tertiary alicyclic amines) is 1. The molecule has 0 radical (unpaired) electrons. The lowest BCUT2D eigenvalue weighted by Crippen LogP contribution is -2.42. The van der Waals surface area contributed by atoms with E-state index in [0.717, 1.165) is 24.6 Å². The third kappa shape index (κ3) is 4.61. The number of rotatable bonds is 7. The predicted octanol–water partition coefficient (Wildman–Crippen LogP) is 2.67.